The Bertz CT molecular complexity index is 315. The van der Waals surface area contributed by atoms with E-state index in [4.69, 9.17) is 9.47 Å². The van der Waals surface area contributed by atoms with Crippen molar-refractivity contribution in [2.24, 2.45) is 0 Å². The van der Waals surface area contributed by atoms with Crippen molar-refractivity contribution in [2.75, 3.05) is 27.4 Å². The van der Waals surface area contributed by atoms with Gasteiger partial charge in [-0.25, -0.2) is 0 Å². The molecule has 0 spiro atoms. The molecule has 0 radical (unpaired) electrons. The van der Waals surface area contributed by atoms with E-state index in [1.54, 1.807) is 14.2 Å². The van der Waals surface area contributed by atoms with Crippen molar-refractivity contribution in [3.8, 4) is 5.75 Å². The topological polar surface area (TPSA) is 30.5 Å². The molecule has 0 heterocycles. The van der Waals surface area contributed by atoms with Crippen LogP contribution in [-0.2, 0) is 11.2 Å². The Morgan fingerprint density at radius 1 is 1.29 bits per heavy atom. The predicted octanol–water partition coefficient (Wildman–Crippen LogP) is 2.25. The van der Waals surface area contributed by atoms with Crippen LogP contribution in [0.1, 0.15) is 18.9 Å². The van der Waals surface area contributed by atoms with E-state index in [1.807, 2.05) is 12.1 Å². The normalized spacial score (nSPS) is 12.4. The SMILES string of the molecule is CCCNC(COC)Cc1cccc(OC)c1. The van der Waals surface area contributed by atoms with Crippen LogP contribution >= 0.6 is 0 Å². The minimum absolute atomic E-state index is 0.368. The third kappa shape index (κ3) is 5.20. The van der Waals surface area contributed by atoms with E-state index >= 15 is 0 Å². The second-order valence-electron chi connectivity index (χ2n) is 4.16. The van der Waals surface area contributed by atoms with E-state index < -0.39 is 0 Å². The standard InChI is InChI=1S/C14H23NO2/c1-4-8-15-13(11-16-2)9-12-6-5-7-14(10-12)17-3/h5-7,10,13,15H,4,8-9,11H2,1-3H3. The van der Waals surface area contributed by atoms with Gasteiger partial charge in [-0.05, 0) is 37.1 Å². The van der Waals surface area contributed by atoms with Crippen molar-refractivity contribution in [3.05, 3.63) is 29.8 Å². The molecule has 0 amide bonds. The Labute approximate surface area is 104 Å². The van der Waals surface area contributed by atoms with E-state index in [2.05, 4.69) is 24.4 Å². The van der Waals surface area contributed by atoms with Gasteiger partial charge in [-0.1, -0.05) is 19.1 Å². The Hall–Kier alpha value is -1.06. The molecule has 1 rings (SSSR count). The molecule has 0 fully saturated rings. The molecule has 1 aromatic rings. The van der Waals surface area contributed by atoms with Gasteiger partial charge in [-0.15, -0.1) is 0 Å². The Morgan fingerprint density at radius 2 is 2.12 bits per heavy atom. The van der Waals surface area contributed by atoms with Crippen molar-refractivity contribution >= 4 is 0 Å². The van der Waals surface area contributed by atoms with Gasteiger partial charge in [0.15, 0.2) is 0 Å². The van der Waals surface area contributed by atoms with Crippen LogP contribution in [0.4, 0.5) is 0 Å². The summed E-state index contributed by atoms with van der Waals surface area (Å²) in [5, 5.41) is 3.49. The summed E-state index contributed by atoms with van der Waals surface area (Å²) in [5.41, 5.74) is 1.27. The zero-order valence-corrected chi connectivity index (χ0v) is 11.0. The number of ether oxygens (including phenoxy) is 2. The maximum Gasteiger partial charge on any atom is 0.119 e. The van der Waals surface area contributed by atoms with Crippen LogP contribution in [0, 0.1) is 0 Å². The van der Waals surface area contributed by atoms with Crippen LogP contribution in [0.3, 0.4) is 0 Å². The number of benzene rings is 1. The highest BCUT2D eigenvalue weighted by molar-refractivity contribution is 5.28. The first-order valence-electron chi connectivity index (χ1n) is 6.15. The van der Waals surface area contributed by atoms with Crippen LogP contribution < -0.4 is 10.1 Å². The van der Waals surface area contributed by atoms with Gasteiger partial charge in [0.25, 0.3) is 0 Å². The van der Waals surface area contributed by atoms with Gasteiger partial charge < -0.3 is 14.8 Å². The van der Waals surface area contributed by atoms with Crippen molar-refractivity contribution in [2.45, 2.75) is 25.8 Å². The van der Waals surface area contributed by atoms with Gasteiger partial charge in [-0.3, -0.25) is 0 Å². The van der Waals surface area contributed by atoms with Gasteiger partial charge >= 0.3 is 0 Å². The molecule has 1 atom stereocenters. The summed E-state index contributed by atoms with van der Waals surface area (Å²) < 4.78 is 10.5. The van der Waals surface area contributed by atoms with Gasteiger partial charge in [0.1, 0.15) is 5.75 Å². The highest BCUT2D eigenvalue weighted by Crippen LogP contribution is 2.14. The minimum atomic E-state index is 0.368. The first kappa shape index (κ1) is 14.0. The third-order valence-electron chi connectivity index (χ3n) is 2.67. The predicted molar refractivity (Wildman–Crippen MR) is 70.7 cm³/mol. The molecular formula is C14H23NO2. The lowest BCUT2D eigenvalue weighted by atomic mass is 10.1. The molecule has 1 unspecified atom stereocenters. The quantitative estimate of drug-likeness (QED) is 0.752. The average molecular weight is 237 g/mol. The van der Waals surface area contributed by atoms with Crippen LogP contribution in [0.2, 0.25) is 0 Å². The summed E-state index contributed by atoms with van der Waals surface area (Å²) >= 11 is 0. The molecule has 0 bridgehead atoms. The maximum atomic E-state index is 5.24. The van der Waals surface area contributed by atoms with Gasteiger partial charge in [0.05, 0.1) is 13.7 Å². The summed E-state index contributed by atoms with van der Waals surface area (Å²) in [6, 6.07) is 8.56. The maximum absolute atomic E-state index is 5.24. The van der Waals surface area contributed by atoms with E-state index in [9.17, 15) is 0 Å². The molecule has 0 aromatic heterocycles. The summed E-state index contributed by atoms with van der Waals surface area (Å²) in [5.74, 6) is 0.911. The van der Waals surface area contributed by atoms with Gasteiger partial charge in [-0.2, -0.15) is 0 Å². The molecular weight excluding hydrogens is 214 g/mol. The molecule has 3 nitrogen and oxygen atoms in total. The first-order valence-corrected chi connectivity index (χ1v) is 6.15. The Morgan fingerprint density at radius 3 is 2.76 bits per heavy atom. The highest BCUT2D eigenvalue weighted by atomic mass is 16.5. The van der Waals surface area contributed by atoms with E-state index in [0.29, 0.717) is 6.04 Å². The lowest BCUT2D eigenvalue weighted by Crippen LogP contribution is -2.35. The average Bonchev–Trinajstić information content (AvgIpc) is 2.36. The van der Waals surface area contributed by atoms with Crippen LogP contribution in [0.15, 0.2) is 24.3 Å². The van der Waals surface area contributed by atoms with Crippen LogP contribution in [-0.4, -0.2) is 33.4 Å². The highest BCUT2D eigenvalue weighted by Gasteiger charge is 2.08. The largest absolute Gasteiger partial charge is 0.497 e. The van der Waals surface area contributed by atoms with Gasteiger partial charge in [0, 0.05) is 13.2 Å². The molecule has 0 aliphatic carbocycles. The lowest BCUT2D eigenvalue weighted by molar-refractivity contribution is 0.166. The minimum Gasteiger partial charge on any atom is -0.497 e. The lowest BCUT2D eigenvalue weighted by Gasteiger charge is -2.17. The van der Waals surface area contributed by atoms with E-state index in [-0.39, 0.29) is 0 Å². The fraction of sp³-hybridized carbons (Fsp3) is 0.571. The molecule has 3 heteroatoms. The number of rotatable bonds is 8. The summed E-state index contributed by atoms with van der Waals surface area (Å²) in [6.07, 6.45) is 2.10. The fourth-order valence-corrected chi connectivity index (χ4v) is 1.82. The number of hydrogen-bond donors (Lipinski definition) is 1. The summed E-state index contributed by atoms with van der Waals surface area (Å²) in [6.45, 7) is 3.93. The molecule has 96 valence electrons. The first-order chi connectivity index (χ1) is 8.30. The number of hydrogen-bond acceptors (Lipinski definition) is 3. The molecule has 17 heavy (non-hydrogen) atoms. The van der Waals surface area contributed by atoms with Crippen LogP contribution in [0.25, 0.3) is 0 Å². The monoisotopic (exact) mass is 237 g/mol. The number of nitrogens with one attached hydrogen (secondary N) is 1. The summed E-state index contributed by atoms with van der Waals surface area (Å²) in [7, 11) is 3.44. The fourth-order valence-electron chi connectivity index (χ4n) is 1.82. The zero-order valence-electron chi connectivity index (χ0n) is 11.0. The second kappa shape index (κ2) is 8.09. The molecule has 1 aromatic carbocycles. The third-order valence-corrected chi connectivity index (χ3v) is 2.67. The van der Waals surface area contributed by atoms with Crippen molar-refractivity contribution in [1.29, 1.82) is 0 Å². The Balaban J connectivity index is 2.57. The van der Waals surface area contributed by atoms with E-state index in [0.717, 1.165) is 31.7 Å². The van der Waals surface area contributed by atoms with Crippen molar-refractivity contribution in [1.82, 2.24) is 5.32 Å². The van der Waals surface area contributed by atoms with Crippen molar-refractivity contribution in [3.63, 3.8) is 0 Å². The molecule has 0 saturated heterocycles. The molecule has 0 aliphatic rings. The van der Waals surface area contributed by atoms with Crippen molar-refractivity contribution < 1.29 is 9.47 Å². The van der Waals surface area contributed by atoms with Gasteiger partial charge in [0.2, 0.25) is 0 Å². The summed E-state index contributed by atoms with van der Waals surface area (Å²) in [4.78, 5) is 0. The van der Waals surface area contributed by atoms with E-state index in [1.165, 1.54) is 5.56 Å². The molecule has 0 aliphatic heterocycles. The molecule has 1 N–H and O–H groups in total. The zero-order chi connectivity index (χ0) is 12.5. The molecule has 0 saturated carbocycles. The smallest absolute Gasteiger partial charge is 0.119 e. The second-order valence-corrected chi connectivity index (χ2v) is 4.16. The Kier molecular flexibility index (Phi) is 6.67. The van der Waals surface area contributed by atoms with Crippen LogP contribution in [0.5, 0.6) is 5.75 Å². The number of methoxy groups -OCH3 is 2.